The van der Waals surface area contributed by atoms with E-state index in [2.05, 4.69) is 15.9 Å². The highest BCUT2D eigenvalue weighted by molar-refractivity contribution is 9.09. The molecule has 3 nitrogen and oxygen atoms in total. The van der Waals surface area contributed by atoms with E-state index in [9.17, 15) is 4.79 Å². The summed E-state index contributed by atoms with van der Waals surface area (Å²) < 4.78 is 5.01. The number of hydrogen-bond donors (Lipinski definition) is 0. The van der Waals surface area contributed by atoms with Crippen LogP contribution in [0.15, 0.2) is 0 Å². The Morgan fingerprint density at radius 3 is 2.73 bits per heavy atom. The molecular weight excluding hydrogens is 258 g/mol. The van der Waals surface area contributed by atoms with E-state index in [0.29, 0.717) is 12.5 Å². The van der Waals surface area contributed by atoms with Crippen LogP contribution < -0.4 is 0 Å². The summed E-state index contributed by atoms with van der Waals surface area (Å²) in [5.74, 6) is 0.913. The molecule has 1 aliphatic rings. The molecule has 1 saturated carbocycles. The molecule has 1 atom stereocenters. The van der Waals surface area contributed by atoms with E-state index in [1.54, 1.807) is 12.0 Å². The minimum absolute atomic E-state index is 0.234. The van der Waals surface area contributed by atoms with Crippen molar-refractivity contribution in [1.29, 1.82) is 0 Å². The third-order valence-corrected chi connectivity index (χ3v) is 3.49. The molecule has 1 rings (SSSR count). The monoisotopic (exact) mass is 277 g/mol. The maximum Gasteiger partial charge on any atom is 0.222 e. The summed E-state index contributed by atoms with van der Waals surface area (Å²) in [6, 6.07) is 0. The highest BCUT2D eigenvalue weighted by Gasteiger charge is 2.23. The fourth-order valence-electron chi connectivity index (χ4n) is 1.73. The van der Waals surface area contributed by atoms with E-state index in [-0.39, 0.29) is 10.7 Å². The van der Waals surface area contributed by atoms with Gasteiger partial charge in [-0.05, 0) is 18.8 Å². The van der Waals surface area contributed by atoms with Crippen LogP contribution in [0.2, 0.25) is 0 Å². The number of amides is 1. The SMILES string of the molecule is COCC(Br)CN(C)C(=O)CC1CCC1. The average Bonchev–Trinajstić information content (AvgIpc) is 2.11. The number of ether oxygens (including phenoxy) is 1. The van der Waals surface area contributed by atoms with Gasteiger partial charge in [-0.15, -0.1) is 0 Å². The number of alkyl halides is 1. The van der Waals surface area contributed by atoms with Crippen LogP contribution in [0.3, 0.4) is 0 Å². The summed E-state index contributed by atoms with van der Waals surface area (Å²) in [4.78, 5) is 13.8. The van der Waals surface area contributed by atoms with E-state index in [1.807, 2.05) is 7.05 Å². The first kappa shape index (κ1) is 13.0. The summed E-state index contributed by atoms with van der Waals surface area (Å²) in [6.07, 6.45) is 4.49. The molecule has 1 amide bonds. The van der Waals surface area contributed by atoms with Gasteiger partial charge in [0.1, 0.15) is 0 Å². The maximum absolute atomic E-state index is 11.8. The summed E-state index contributed by atoms with van der Waals surface area (Å²) >= 11 is 3.49. The number of nitrogens with zero attached hydrogens (tertiary/aromatic N) is 1. The third kappa shape index (κ3) is 4.51. The summed E-state index contributed by atoms with van der Waals surface area (Å²) in [6.45, 7) is 1.36. The van der Waals surface area contributed by atoms with Crippen molar-refractivity contribution in [2.75, 3.05) is 27.3 Å². The molecule has 0 heterocycles. The zero-order valence-electron chi connectivity index (χ0n) is 9.54. The second-order valence-corrected chi connectivity index (χ2v) is 5.62. The molecule has 0 bridgehead atoms. The Balaban J connectivity index is 2.19. The van der Waals surface area contributed by atoms with Crippen molar-refractivity contribution in [3.63, 3.8) is 0 Å². The van der Waals surface area contributed by atoms with E-state index >= 15 is 0 Å². The molecule has 1 unspecified atom stereocenters. The molecule has 0 spiro atoms. The number of halogens is 1. The van der Waals surface area contributed by atoms with Crippen molar-refractivity contribution in [1.82, 2.24) is 4.90 Å². The largest absolute Gasteiger partial charge is 0.383 e. The van der Waals surface area contributed by atoms with Gasteiger partial charge in [-0.1, -0.05) is 22.4 Å². The van der Waals surface area contributed by atoms with Crippen LogP contribution in [0.4, 0.5) is 0 Å². The van der Waals surface area contributed by atoms with E-state index < -0.39 is 0 Å². The standard InChI is InChI=1S/C11H20BrNO2/c1-13(7-10(12)8-15-2)11(14)6-9-4-3-5-9/h9-10H,3-8H2,1-2H3. The topological polar surface area (TPSA) is 29.5 Å². The summed E-state index contributed by atoms with van der Waals surface area (Å²) in [5.41, 5.74) is 0. The zero-order valence-corrected chi connectivity index (χ0v) is 11.1. The summed E-state index contributed by atoms with van der Waals surface area (Å²) in [5, 5.41) is 0. The van der Waals surface area contributed by atoms with Gasteiger partial charge in [0.15, 0.2) is 0 Å². The third-order valence-electron chi connectivity index (χ3n) is 2.93. The van der Waals surface area contributed by atoms with Crippen molar-refractivity contribution >= 4 is 21.8 Å². The van der Waals surface area contributed by atoms with E-state index in [1.165, 1.54) is 19.3 Å². The lowest BCUT2D eigenvalue weighted by molar-refractivity contribution is -0.131. The molecule has 1 fully saturated rings. The maximum atomic E-state index is 11.8. The van der Waals surface area contributed by atoms with E-state index in [0.717, 1.165) is 13.0 Å². The Labute approximate surface area is 100 Å². The normalized spacial score (nSPS) is 18.3. The molecule has 88 valence electrons. The molecule has 0 aromatic carbocycles. The molecule has 0 aromatic rings. The minimum Gasteiger partial charge on any atom is -0.383 e. The van der Waals surface area contributed by atoms with Crippen LogP contribution in [-0.4, -0.2) is 42.9 Å². The molecule has 0 radical (unpaired) electrons. The lowest BCUT2D eigenvalue weighted by Crippen LogP contribution is -2.35. The van der Waals surface area contributed by atoms with Gasteiger partial charge in [-0.25, -0.2) is 0 Å². The Kier molecular flexibility index (Phi) is 5.61. The highest BCUT2D eigenvalue weighted by Crippen LogP contribution is 2.29. The smallest absolute Gasteiger partial charge is 0.222 e. The molecule has 4 heteroatoms. The second-order valence-electron chi connectivity index (χ2n) is 4.33. The van der Waals surface area contributed by atoms with Gasteiger partial charge in [-0.2, -0.15) is 0 Å². The molecule has 0 aromatic heterocycles. The number of methoxy groups -OCH3 is 1. The summed E-state index contributed by atoms with van der Waals surface area (Å²) in [7, 11) is 3.54. The minimum atomic E-state index is 0.234. The average molecular weight is 278 g/mol. The van der Waals surface area contributed by atoms with Gasteiger partial charge >= 0.3 is 0 Å². The van der Waals surface area contributed by atoms with Gasteiger partial charge in [-0.3, -0.25) is 4.79 Å². The van der Waals surface area contributed by atoms with Gasteiger partial charge in [0.05, 0.1) is 11.4 Å². The fraction of sp³-hybridized carbons (Fsp3) is 0.909. The second kappa shape index (κ2) is 6.48. The first-order valence-electron chi connectivity index (χ1n) is 5.50. The van der Waals surface area contributed by atoms with Crippen LogP contribution in [-0.2, 0) is 9.53 Å². The van der Waals surface area contributed by atoms with Crippen LogP contribution in [0.1, 0.15) is 25.7 Å². The molecule has 15 heavy (non-hydrogen) atoms. The predicted molar refractivity (Wildman–Crippen MR) is 64.2 cm³/mol. The van der Waals surface area contributed by atoms with Gasteiger partial charge in [0, 0.05) is 27.1 Å². The van der Waals surface area contributed by atoms with Gasteiger partial charge < -0.3 is 9.64 Å². The van der Waals surface area contributed by atoms with Gasteiger partial charge in [0.25, 0.3) is 0 Å². The Morgan fingerprint density at radius 1 is 1.60 bits per heavy atom. The molecule has 0 aliphatic heterocycles. The van der Waals surface area contributed by atoms with Crippen molar-refractivity contribution in [2.24, 2.45) is 5.92 Å². The Hall–Kier alpha value is -0.0900. The highest BCUT2D eigenvalue weighted by atomic mass is 79.9. The molecule has 1 aliphatic carbocycles. The van der Waals surface area contributed by atoms with Crippen molar-refractivity contribution in [2.45, 2.75) is 30.5 Å². The number of carbonyl (C=O) groups excluding carboxylic acids is 1. The first-order valence-corrected chi connectivity index (χ1v) is 6.42. The lowest BCUT2D eigenvalue weighted by Gasteiger charge is -2.28. The first-order chi connectivity index (χ1) is 7.13. The van der Waals surface area contributed by atoms with Gasteiger partial charge in [0.2, 0.25) is 5.91 Å². The Bertz CT molecular complexity index is 207. The molecule has 0 N–H and O–H groups in total. The zero-order chi connectivity index (χ0) is 11.3. The fourth-order valence-corrected chi connectivity index (χ4v) is 2.43. The van der Waals surface area contributed by atoms with E-state index in [4.69, 9.17) is 4.74 Å². The molecular formula is C11H20BrNO2. The van der Waals surface area contributed by atoms with Crippen LogP contribution in [0, 0.1) is 5.92 Å². The van der Waals surface area contributed by atoms with Crippen molar-refractivity contribution in [3.05, 3.63) is 0 Å². The van der Waals surface area contributed by atoms with Crippen LogP contribution in [0.5, 0.6) is 0 Å². The quantitative estimate of drug-likeness (QED) is 0.696. The van der Waals surface area contributed by atoms with Crippen LogP contribution >= 0.6 is 15.9 Å². The number of rotatable bonds is 6. The number of carbonyl (C=O) groups is 1. The van der Waals surface area contributed by atoms with Crippen molar-refractivity contribution in [3.8, 4) is 0 Å². The van der Waals surface area contributed by atoms with Crippen molar-refractivity contribution < 1.29 is 9.53 Å². The number of hydrogen-bond acceptors (Lipinski definition) is 2. The van der Waals surface area contributed by atoms with Crippen LogP contribution in [0.25, 0.3) is 0 Å². The predicted octanol–water partition coefficient (Wildman–Crippen LogP) is 2.04. The Morgan fingerprint density at radius 2 is 2.27 bits per heavy atom. The lowest BCUT2D eigenvalue weighted by atomic mass is 9.83. The molecule has 0 saturated heterocycles.